The molecule has 1 atom stereocenters. The number of piperazine rings is 1. The van der Waals surface area contributed by atoms with Crippen molar-refractivity contribution in [2.45, 2.75) is 12.5 Å². The van der Waals surface area contributed by atoms with Crippen molar-refractivity contribution in [1.29, 1.82) is 0 Å². The molecule has 5 nitrogen and oxygen atoms in total. The van der Waals surface area contributed by atoms with Gasteiger partial charge in [-0.15, -0.1) is 23.7 Å². The van der Waals surface area contributed by atoms with Gasteiger partial charge in [0.15, 0.2) is 6.10 Å². The Balaban J connectivity index is 0.00000205. The smallest absolute Gasteiger partial charge is 0.265 e. The van der Waals surface area contributed by atoms with E-state index in [2.05, 4.69) is 44.8 Å². The predicted molar refractivity (Wildman–Crippen MR) is 122 cm³/mol. The topological polar surface area (TPSA) is 44.8 Å². The SMILES string of the molecule is Cl.O=C1Nc2ccccc2OC1CCN1CCN(c2cccc3sccc23)CC1. The van der Waals surface area contributed by atoms with Gasteiger partial charge in [-0.1, -0.05) is 18.2 Å². The first-order chi connectivity index (χ1) is 13.8. The number of anilines is 2. The summed E-state index contributed by atoms with van der Waals surface area (Å²) in [6, 6.07) is 16.4. The van der Waals surface area contributed by atoms with Crippen LogP contribution in [-0.2, 0) is 4.79 Å². The molecule has 0 bridgehead atoms. The van der Waals surface area contributed by atoms with E-state index in [0.29, 0.717) is 6.42 Å². The number of hydrogen-bond donors (Lipinski definition) is 1. The van der Waals surface area contributed by atoms with Crippen molar-refractivity contribution < 1.29 is 9.53 Å². The van der Waals surface area contributed by atoms with Crippen LogP contribution in [0.25, 0.3) is 10.1 Å². The number of hydrogen-bond acceptors (Lipinski definition) is 5. The molecule has 0 saturated carbocycles. The summed E-state index contributed by atoms with van der Waals surface area (Å²) >= 11 is 1.80. The molecule has 29 heavy (non-hydrogen) atoms. The maximum atomic E-state index is 12.3. The second-order valence-corrected chi connectivity index (χ2v) is 8.27. The van der Waals surface area contributed by atoms with Crippen LogP contribution in [0.5, 0.6) is 5.75 Å². The van der Waals surface area contributed by atoms with Crippen LogP contribution in [0.4, 0.5) is 11.4 Å². The molecule has 1 fully saturated rings. The molecule has 3 aromatic rings. The van der Waals surface area contributed by atoms with Crippen molar-refractivity contribution >= 4 is 51.1 Å². The van der Waals surface area contributed by atoms with Gasteiger partial charge in [-0.05, 0) is 35.7 Å². The van der Waals surface area contributed by atoms with Crippen molar-refractivity contribution in [3.63, 3.8) is 0 Å². The minimum atomic E-state index is -0.410. The van der Waals surface area contributed by atoms with Crippen LogP contribution in [0.2, 0.25) is 0 Å². The van der Waals surface area contributed by atoms with Gasteiger partial charge in [0.1, 0.15) is 5.75 Å². The minimum absolute atomic E-state index is 0. The van der Waals surface area contributed by atoms with E-state index >= 15 is 0 Å². The number of halogens is 1. The zero-order chi connectivity index (χ0) is 18.9. The molecule has 0 spiro atoms. The van der Waals surface area contributed by atoms with Gasteiger partial charge >= 0.3 is 0 Å². The lowest BCUT2D eigenvalue weighted by molar-refractivity contribution is -0.124. The average Bonchev–Trinajstić information content (AvgIpc) is 3.22. The lowest BCUT2D eigenvalue weighted by atomic mass is 10.1. The van der Waals surface area contributed by atoms with Crippen LogP contribution in [-0.4, -0.2) is 49.6 Å². The highest BCUT2D eigenvalue weighted by molar-refractivity contribution is 7.17. The molecule has 1 aromatic heterocycles. The van der Waals surface area contributed by atoms with E-state index in [9.17, 15) is 4.79 Å². The van der Waals surface area contributed by atoms with Gasteiger partial charge < -0.3 is 15.0 Å². The van der Waals surface area contributed by atoms with Crippen molar-refractivity contribution in [3.8, 4) is 5.75 Å². The molecule has 1 unspecified atom stereocenters. The minimum Gasteiger partial charge on any atom is -0.478 e. The lowest BCUT2D eigenvalue weighted by Crippen LogP contribution is -2.48. The number of thiophene rings is 1. The Morgan fingerprint density at radius 2 is 1.86 bits per heavy atom. The van der Waals surface area contributed by atoms with E-state index < -0.39 is 6.10 Å². The van der Waals surface area contributed by atoms with Crippen molar-refractivity contribution in [2.24, 2.45) is 0 Å². The number of nitrogens with one attached hydrogen (secondary N) is 1. The van der Waals surface area contributed by atoms with Crippen molar-refractivity contribution in [1.82, 2.24) is 4.90 Å². The Bertz CT molecular complexity index is 1000. The van der Waals surface area contributed by atoms with Gasteiger partial charge in [-0.3, -0.25) is 9.69 Å². The van der Waals surface area contributed by atoms with Crippen LogP contribution in [0.15, 0.2) is 53.9 Å². The normalized spacial score (nSPS) is 19.2. The lowest BCUT2D eigenvalue weighted by Gasteiger charge is -2.37. The highest BCUT2D eigenvalue weighted by Gasteiger charge is 2.28. The Morgan fingerprint density at radius 3 is 2.72 bits per heavy atom. The van der Waals surface area contributed by atoms with Crippen molar-refractivity contribution in [3.05, 3.63) is 53.9 Å². The van der Waals surface area contributed by atoms with Crippen LogP contribution in [0, 0.1) is 0 Å². The fraction of sp³-hybridized carbons (Fsp3) is 0.318. The predicted octanol–water partition coefficient (Wildman–Crippen LogP) is 4.23. The van der Waals surface area contributed by atoms with Gasteiger partial charge in [-0.2, -0.15) is 0 Å². The van der Waals surface area contributed by atoms with Crippen LogP contribution in [0.1, 0.15) is 6.42 Å². The Labute approximate surface area is 180 Å². The second kappa shape index (κ2) is 8.61. The quantitative estimate of drug-likeness (QED) is 0.673. The maximum Gasteiger partial charge on any atom is 0.265 e. The van der Waals surface area contributed by atoms with Crippen LogP contribution < -0.4 is 15.0 Å². The van der Waals surface area contributed by atoms with Gasteiger partial charge in [0.2, 0.25) is 0 Å². The molecule has 7 heteroatoms. The zero-order valence-electron chi connectivity index (χ0n) is 16.0. The summed E-state index contributed by atoms with van der Waals surface area (Å²) in [7, 11) is 0. The second-order valence-electron chi connectivity index (χ2n) is 7.32. The first-order valence-electron chi connectivity index (χ1n) is 9.78. The summed E-state index contributed by atoms with van der Waals surface area (Å²) in [6.07, 6.45) is 0.299. The maximum absolute atomic E-state index is 12.3. The molecule has 0 radical (unpaired) electrons. The van der Waals surface area contributed by atoms with Gasteiger partial charge in [-0.25, -0.2) is 0 Å². The molecule has 5 rings (SSSR count). The highest BCUT2D eigenvalue weighted by Crippen LogP contribution is 2.32. The molecule has 152 valence electrons. The molecule has 0 aliphatic carbocycles. The molecule has 3 heterocycles. The number of fused-ring (bicyclic) bond motifs is 2. The fourth-order valence-electron chi connectivity index (χ4n) is 4.05. The number of rotatable bonds is 4. The fourth-order valence-corrected chi connectivity index (χ4v) is 4.86. The Hall–Kier alpha value is -2.28. The van der Waals surface area contributed by atoms with E-state index in [1.54, 1.807) is 11.3 Å². The first-order valence-corrected chi connectivity index (χ1v) is 10.7. The zero-order valence-corrected chi connectivity index (χ0v) is 17.7. The monoisotopic (exact) mass is 429 g/mol. The number of carbonyl (C=O) groups is 1. The highest BCUT2D eigenvalue weighted by atomic mass is 35.5. The van der Waals surface area contributed by atoms with Crippen LogP contribution >= 0.6 is 23.7 Å². The third kappa shape index (κ3) is 4.06. The summed E-state index contributed by atoms with van der Waals surface area (Å²) in [5, 5.41) is 6.47. The first kappa shape index (κ1) is 20.0. The Kier molecular flexibility index (Phi) is 5.94. The number of nitrogens with zero attached hydrogens (tertiary/aromatic N) is 2. The third-order valence-corrected chi connectivity index (χ3v) is 6.48. The average molecular weight is 430 g/mol. The molecular weight excluding hydrogens is 406 g/mol. The standard InChI is InChI=1S/C22H23N3O2S.ClH/c26-22-20(27-19-6-2-1-4-17(19)23-22)8-10-24-11-13-25(14-12-24)18-5-3-7-21-16(18)9-15-28-21;/h1-7,9,15,20H,8,10-14H2,(H,23,26);1H. The summed E-state index contributed by atoms with van der Waals surface area (Å²) in [4.78, 5) is 17.2. The molecule has 2 aliphatic rings. The number of para-hydroxylation sites is 2. The van der Waals surface area contributed by atoms with E-state index in [0.717, 1.165) is 44.2 Å². The van der Waals surface area contributed by atoms with E-state index in [1.807, 2.05) is 24.3 Å². The molecule has 2 aliphatic heterocycles. The molecule has 1 amide bonds. The molecule has 1 N–H and O–H groups in total. The Morgan fingerprint density at radius 1 is 1.03 bits per heavy atom. The van der Waals surface area contributed by atoms with Gasteiger partial charge in [0.25, 0.3) is 5.91 Å². The number of carbonyl (C=O) groups excluding carboxylic acids is 1. The van der Waals surface area contributed by atoms with E-state index in [4.69, 9.17) is 4.74 Å². The van der Waals surface area contributed by atoms with Gasteiger partial charge in [0.05, 0.1) is 5.69 Å². The summed E-state index contributed by atoms with van der Waals surface area (Å²) in [6.45, 7) is 4.90. The summed E-state index contributed by atoms with van der Waals surface area (Å²) < 4.78 is 7.26. The van der Waals surface area contributed by atoms with E-state index in [-0.39, 0.29) is 18.3 Å². The van der Waals surface area contributed by atoms with Gasteiger partial charge in [0, 0.05) is 54.9 Å². The number of amides is 1. The molecule has 1 saturated heterocycles. The number of ether oxygens (including phenoxy) is 1. The van der Waals surface area contributed by atoms with E-state index in [1.165, 1.54) is 15.8 Å². The summed E-state index contributed by atoms with van der Waals surface area (Å²) in [5.74, 6) is 0.724. The largest absolute Gasteiger partial charge is 0.478 e. The summed E-state index contributed by atoms with van der Waals surface area (Å²) in [5.41, 5.74) is 2.10. The van der Waals surface area contributed by atoms with Crippen molar-refractivity contribution in [2.75, 3.05) is 42.9 Å². The molecule has 2 aromatic carbocycles. The number of benzene rings is 2. The van der Waals surface area contributed by atoms with Crippen LogP contribution in [0.3, 0.4) is 0 Å². The molecular formula is C22H24ClN3O2S. The third-order valence-electron chi connectivity index (χ3n) is 5.60.